The summed E-state index contributed by atoms with van der Waals surface area (Å²) in [6.07, 6.45) is 0. The van der Waals surface area contributed by atoms with E-state index in [2.05, 4.69) is 16.0 Å². The molecule has 0 spiro atoms. The van der Waals surface area contributed by atoms with E-state index in [9.17, 15) is 14.0 Å². The van der Waals surface area contributed by atoms with Crippen molar-refractivity contribution in [2.24, 2.45) is 0 Å². The maximum absolute atomic E-state index is 13.2. The quantitative estimate of drug-likeness (QED) is 0.787. The van der Waals surface area contributed by atoms with E-state index in [1.54, 1.807) is 19.1 Å². The molecule has 26 heavy (non-hydrogen) atoms. The normalized spacial score (nSPS) is 16.8. The molecule has 1 aliphatic rings. The number of amides is 3. The van der Waals surface area contributed by atoms with E-state index in [0.29, 0.717) is 22.5 Å². The fourth-order valence-corrected chi connectivity index (χ4v) is 2.98. The predicted molar refractivity (Wildman–Crippen MR) is 98.1 cm³/mol. The molecule has 2 aromatic carbocycles. The van der Waals surface area contributed by atoms with Crippen molar-refractivity contribution >= 4 is 17.6 Å². The first kappa shape index (κ1) is 17.7. The fourth-order valence-electron chi connectivity index (χ4n) is 2.98. The van der Waals surface area contributed by atoms with Gasteiger partial charge in [-0.15, -0.1) is 0 Å². The highest BCUT2D eigenvalue weighted by atomic mass is 19.1. The van der Waals surface area contributed by atoms with Gasteiger partial charge in [0.1, 0.15) is 5.82 Å². The number of hydrogen-bond acceptors (Lipinski definition) is 2. The summed E-state index contributed by atoms with van der Waals surface area (Å²) in [7, 11) is 0. The zero-order chi connectivity index (χ0) is 18.8. The predicted octanol–water partition coefficient (Wildman–Crippen LogP) is 3.71. The highest BCUT2D eigenvalue weighted by Gasteiger charge is 2.31. The molecule has 1 aliphatic heterocycles. The first-order valence-corrected chi connectivity index (χ1v) is 8.28. The van der Waals surface area contributed by atoms with Crippen LogP contribution in [0.5, 0.6) is 0 Å². The number of nitrogens with one attached hydrogen (secondary N) is 3. The van der Waals surface area contributed by atoms with Crippen LogP contribution in [0.25, 0.3) is 0 Å². The summed E-state index contributed by atoms with van der Waals surface area (Å²) in [5.74, 6) is -0.700. The molecule has 3 N–H and O–H groups in total. The van der Waals surface area contributed by atoms with Crippen LogP contribution in [0.4, 0.5) is 14.9 Å². The van der Waals surface area contributed by atoms with Crippen molar-refractivity contribution in [3.05, 3.63) is 76.2 Å². The lowest BCUT2D eigenvalue weighted by molar-refractivity contribution is -0.113. The summed E-state index contributed by atoms with van der Waals surface area (Å²) in [6, 6.07) is 10.3. The molecule has 1 atom stereocenters. The van der Waals surface area contributed by atoms with Crippen molar-refractivity contribution in [3.63, 3.8) is 0 Å². The maximum Gasteiger partial charge on any atom is 0.319 e. The summed E-state index contributed by atoms with van der Waals surface area (Å²) in [5, 5.41) is 8.28. The van der Waals surface area contributed by atoms with Gasteiger partial charge in [0.15, 0.2) is 0 Å². The van der Waals surface area contributed by atoms with Crippen LogP contribution in [-0.2, 0) is 4.79 Å². The molecule has 0 bridgehead atoms. The van der Waals surface area contributed by atoms with E-state index < -0.39 is 12.1 Å². The molecule has 0 fully saturated rings. The molecule has 0 saturated heterocycles. The number of benzene rings is 2. The van der Waals surface area contributed by atoms with Crippen LogP contribution in [0, 0.1) is 19.7 Å². The van der Waals surface area contributed by atoms with Gasteiger partial charge >= 0.3 is 6.03 Å². The SMILES string of the molecule is CC1=C(C(=O)Nc2cccc(C)c2C)[C@@H](c2ccc(F)cc2)NC(=O)N1. The molecule has 0 unspecified atom stereocenters. The van der Waals surface area contributed by atoms with Crippen LogP contribution < -0.4 is 16.0 Å². The molecular weight excluding hydrogens is 333 g/mol. The van der Waals surface area contributed by atoms with Crippen LogP contribution >= 0.6 is 0 Å². The van der Waals surface area contributed by atoms with Gasteiger partial charge in [-0.3, -0.25) is 4.79 Å². The molecule has 0 aromatic heterocycles. The van der Waals surface area contributed by atoms with Crippen LogP contribution in [0.1, 0.15) is 29.7 Å². The number of anilines is 1. The fraction of sp³-hybridized carbons (Fsp3) is 0.200. The molecule has 0 saturated carbocycles. The molecule has 2 aromatic rings. The Morgan fingerprint density at radius 3 is 2.46 bits per heavy atom. The average Bonchev–Trinajstić information content (AvgIpc) is 2.59. The Balaban J connectivity index is 1.96. The van der Waals surface area contributed by atoms with Gasteiger partial charge in [0.25, 0.3) is 5.91 Å². The van der Waals surface area contributed by atoms with Gasteiger partial charge in [-0.2, -0.15) is 0 Å². The number of urea groups is 1. The van der Waals surface area contributed by atoms with Gasteiger partial charge in [-0.05, 0) is 55.7 Å². The Labute approximate surface area is 151 Å². The molecule has 0 aliphatic carbocycles. The second-order valence-corrected chi connectivity index (χ2v) is 6.32. The Morgan fingerprint density at radius 2 is 1.77 bits per heavy atom. The third kappa shape index (κ3) is 3.44. The van der Waals surface area contributed by atoms with Crippen LogP contribution in [0.2, 0.25) is 0 Å². The second kappa shape index (κ2) is 7.00. The minimum absolute atomic E-state index is 0.321. The van der Waals surface area contributed by atoms with Gasteiger partial charge in [0.05, 0.1) is 11.6 Å². The summed E-state index contributed by atoms with van der Waals surface area (Å²) in [5.41, 5.74) is 4.24. The highest BCUT2D eigenvalue weighted by molar-refractivity contribution is 6.07. The minimum atomic E-state index is -0.658. The van der Waals surface area contributed by atoms with E-state index in [-0.39, 0.29) is 11.7 Å². The number of carbonyl (C=O) groups excluding carboxylic acids is 2. The van der Waals surface area contributed by atoms with E-state index in [0.717, 1.165) is 11.1 Å². The van der Waals surface area contributed by atoms with Crippen LogP contribution in [0.3, 0.4) is 0 Å². The number of allylic oxidation sites excluding steroid dienone is 1. The topological polar surface area (TPSA) is 70.2 Å². The molecular formula is C20H20FN3O2. The third-order valence-electron chi connectivity index (χ3n) is 4.57. The first-order chi connectivity index (χ1) is 12.4. The van der Waals surface area contributed by atoms with Gasteiger partial charge in [0.2, 0.25) is 0 Å². The molecule has 1 heterocycles. The summed E-state index contributed by atoms with van der Waals surface area (Å²) < 4.78 is 13.2. The number of hydrogen-bond donors (Lipinski definition) is 3. The Kier molecular flexibility index (Phi) is 4.75. The Bertz CT molecular complexity index is 904. The lowest BCUT2D eigenvalue weighted by Gasteiger charge is -2.29. The Morgan fingerprint density at radius 1 is 1.08 bits per heavy atom. The average molecular weight is 353 g/mol. The van der Waals surface area contributed by atoms with Gasteiger partial charge in [-0.25, -0.2) is 9.18 Å². The highest BCUT2D eigenvalue weighted by Crippen LogP contribution is 2.28. The molecule has 5 nitrogen and oxygen atoms in total. The smallest absolute Gasteiger partial charge is 0.319 e. The molecule has 0 radical (unpaired) electrons. The summed E-state index contributed by atoms with van der Waals surface area (Å²) in [6.45, 7) is 5.58. The van der Waals surface area contributed by atoms with Crippen molar-refractivity contribution in [2.45, 2.75) is 26.8 Å². The number of rotatable bonds is 3. The molecule has 6 heteroatoms. The zero-order valence-corrected chi connectivity index (χ0v) is 14.8. The molecule has 3 amide bonds. The summed E-state index contributed by atoms with van der Waals surface area (Å²) in [4.78, 5) is 24.9. The number of aryl methyl sites for hydroxylation is 1. The lowest BCUT2D eigenvalue weighted by atomic mass is 9.94. The van der Waals surface area contributed by atoms with Crippen molar-refractivity contribution in [1.82, 2.24) is 10.6 Å². The summed E-state index contributed by atoms with van der Waals surface area (Å²) >= 11 is 0. The van der Waals surface area contributed by atoms with E-state index in [1.807, 2.05) is 32.0 Å². The van der Waals surface area contributed by atoms with Crippen LogP contribution in [0.15, 0.2) is 53.7 Å². The lowest BCUT2D eigenvalue weighted by Crippen LogP contribution is -2.46. The number of halogens is 1. The van der Waals surface area contributed by atoms with Crippen molar-refractivity contribution in [2.75, 3.05) is 5.32 Å². The van der Waals surface area contributed by atoms with Crippen LogP contribution in [-0.4, -0.2) is 11.9 Å². The minimum Gasteiger partial charge on any atom is -0.327 e. The van der Waals surface area contributed by atoms with Gasteiger partial charge in [-0.1, -0.05) is 24.3 Å². The van der Waals surface area contributed by atoms with E-state index in [1.165, 1.54) is 12.1 Å². The second-order valence-electron chi connectivity index (χ2n) is 6.32. The first-order valence-electron chi connectivity index (χ1n) is 8.28. The number of carbonyl (C=O) groups is 2. The molecule has 3 rings (SSSR count). The third-order valence-corrected chi connectivity index (χ3v) is 4.57. The zero-order valence-electron chi connectivity index (χ0n) is 14.8. The van der Waals surface area contributed by atoms with E-state index in [4.69, 9.17) is 0 Å². The van der Waals surface area contributed by atoms with Crippen molar-refractivity contribution < 1.29 is 14.0 Å². The van der Waals surface area contributed by atoms with Crippen molar-refractivity contribution in [3.8, 4) is 0 Å². The Hall–Kier alpha value is -3.15. The van der Waals surface area contributed by atoms with Gasteiger partial charge in [0, 0.05) is 11.4 Å². The molecule has 134 valence electrons. The standard InChI is InChI=1S/C20H20FN3O2/c1-11-5-4-6-16(12(11)2)23-19(25)17-13(3)22-20(26)24-18(17)14-7-9-15(21)10-8-14/h4-10,18H,1-3H3,(H,23,25)(H2,22,24,26)/t18-/m1/s1. The largest absolute Gasteiger partial charge is 0.327 e. The van der Waals surface area contributed by atoms with Gasteiger partial charge < -0.3 is 16.0 Å². The van der Waals surface area contributed by atoms with Crippen molar-refractivity contribution in [1.29, 1.82) is 0 Å². The van der Waals surface area contributed by atoms with E-state index >= 15 is 0 Å². The maximum atomic E-state index is 13.2. The monoisotopic (exact) mass is 353 g/mol.